The Morgan fingerprint density at radius 1 is 0.704 bits per heavy atom. The van der Waals surface area contributed by atoms with E-state index in [0.29, 0.717) is 0 Å². The van der Waals surface area contributed by atoms with E-state index in [-0.39, 0.29) is 25.7 Å². The van der Waals surface area contributed by atoms with Gasteiger partial charge in [0.2, 0.25) is 0 Å². The molecular weight excluding hydrogens is 364 g/mol. The van der Waals surface area contributed by atoms with Crippen LogP contribution in [0.3, 0.4) is 0 Å². The highest BCUT2D eigenvalue weighted by molar-refractivity contribution is 5.75. The molecule has 10 heteroatoms. The van der Waals surface area contributed by atoms with Crippen molar-refractivity contribution >= 4 is 5.97 Å². The van der Waals surface area contributed by atoms with Gasteiger partial charge in [0.15, 0.2) is 0 Å². The number of rotatable bonds is 15. The molecule has 0 amide bonds. The third kappa shape index (κ3) is 6.06. The fourth-order valence-electron chi connectivity index (χ4n) is 2.77. The van der Waals surface area contributed by atoms with Crippen LogP contribution in [0, 0.1) is 16.2 Å². The van der Waals surface area contributed by atoms with Crippen LogP contribution < -0.4 is 0 Å². The Bertz CT molecular complexity index is 387. The zero-order chi connectivity index (χ0) is 21.3. The van der Waals surface area contributed by atoms with Crippen molar-refractivity contribution in [2.75, 3.05) is 39.6 Å². The minimum atomic E-state index is -2.02. The third-order valence-electron chi connectivity index (χ3n) is 5.75. The SMILES string of the molecule is CC(C(=O)O)(C(O)CCC(CO)(CO)CO)C(O)CCC(CO)(CO)CO. The first-order valence-corrected chi connectivity index (χ1v) is 8.81. The number of carboxylic acids is 1. The van der Waals surface area contributed by atoms with Crippen molar-refractivity contribution in [1.29, 1.82) is 0 Å². The summed E-state index contributed by atoms with van der Waals surface area (Å²) < 4.78 is 0. The topological polar surface area (TPSA) is 199 Å². The summed E-state index contributed by atoms with van der Waals surface area (Å²) in [5, 5.41) is 86.4. The van der Waals surface area contributed by atoms with Crippen LogP contribution in [0.15, 0.2) is 0 Å². The highest BCUT2D eigenvalue weighted by atomic mass is 16.4. The van der Waals surface area contributed by atoms with Crippen LogP contribution in [0.2, 0.25) is 0 Å². The quantitative estimate of drug-likeness (QED) is 0.140. The van der Waals surface area contributed by atoms with Gasteiger partial charge in [-0.25, -0.2) is 0 Å². The molecule has 27 heavy (non-hydrogen) atoms. The Hall–Kier alpha value is -0.850. The van der Waals surface area contributed by atoms with Gasteiger partial charge in [-0.3, -0.25) is 4.79 Å². The molecule has 0 fully saturated rings. The Balaban J connectivity index is 5.26. The molecule has 0 aliphatic rings. The van der Waals surface area contributed by atoms with E-state index in [1.54, 1.807) is 0 Å². The summed E-state index contributed by atoms with van der Waals surface area (Å²) in [6, 6.07) is 0. The average molecular weight is 398 g/mol. The number of aliphatic carboxylic acids is 1. The lowest BCUT2D eigenvalue weighted by Gasteiger charge is -2.38. The second kappa shape index (κ2) is 11.2. The number of aliphatic hydroxyl groups is 8. The number of hydrogen-bond acceptors (Lipinski definition) is 9. The van der Waals surface area contributed by atoms with E-state index in [2.05, 4.69) is 0 Å². The molecule has 9 N–H and O–H groups in total. The first-order chi connectivity index (χ1) is 12.6. The van der Waals surface area contributed by atoms with Gasteiger partial charge in [0.25, 0.3) is 0 Å². The summed E-state index contributed by atoms with van der Waals surface area (Å²) in [6.07, 6.45) is -3.73. The highest BCUT2D eigenvalue weighted by Gasteiger charge is 2.48. The number of aliphatic hydroxyl groups excluding tert-OH is 8. The lowest BCUT2D eigenvalue weighted by atomic mass is 9.71. The second-order valence-electron chi connectivity index (χ2n) is 7.65. The first-order valence-electron chi connectivity index (χ1n) is 8.81. The summed E-state index contributed by atoms with van der Waals surface area (Å²) in [7, 11) is 0. The van der Waals surface area contributed by atoms with E-state index >= 15 is 0 Å². The molecule has 0 spiro atoms. The van der Waals surface area contributed by atoms with E-state index in [0.717, 1.165) is 6.92 Å². The predicted octanol–water partition coefficient (Wildman–Crippen LogP) is -2.71. The zero-order valence-corrected chi connectivity index (χ0v) is 15.7. The molecule has 2 unspecified atom stereocenters. The molecule has 0 saturated carbocycles. The van der Waals surface area contributed by atoms with Gasteiger partial charge in [-0.2, -0.15) is 0 Å². The van der Waals surface area contributed by atoms with Gasteiger partial charge in [-0.15, -0.1) is 0 Å². The van der Waals surface area contributed by atoms with Crippen molar-refractivity contribution in [3.63, 3.8) is 0 Å². The summed E-state index contributed by atoms with van der Waals surface area (Å²) in [5.41, 5.74) is -4.59. The standard InChI is InChI=1S/C17H34O10/c1-15(14(26)27,12(24)2-4-16(6-18,7-19)8-20)13(25)3-5-17(9-21,10-22)11-23/h12-13,18-25H,2-11H2,1H3,(H,26,27). The maximum atomic E-state index is 11.8. The molecule has 0 bridgehead atoms. The van der Waals surface area contributed by atoms with E-state index in [4.69, 9.17) is 0 Å². The van der Waals surface area contributed by atoms with Crippen molar-refractivity contribution in [3.8, 4) is 0 Å². The average Bonchev–Trinajstić information content (AvgIpc) is 2.69. The van der Waals surface area contributed by atoms with Crippen molar-refractivity contribution in [3.05, 3.63) is 0 Å². The van der Waals surface area contributed by atoms with Crippen LogP contribution in [0.4, 0.5) is 0 Å². The van der Waals surface area contributed by atoms with Gasteiger partial charge in [-0.05, 0) is 32.6 Å². The molecule has 0 aromatic carbocycles. The summed E-state index contributed by atoms with van der Waals surface area (Å²) >= 11 is 0. The first kappa shape index (κ1) is 26.1. The Morgan fingerprint density at radius 3 is 1.15 bits per heavy atom. The fraction of sp³-hybridized carbons (Fsp3) is 0.941. The molecule has 162 valence electrons. The van der Waals surface area contributed by atoms with Crippen molar-refractivity contribution in [2.24, 2.45) is 16.2 Å². The molecule has 0 aromatic heterocycles. The number of carbonyl (C=O) groups is 1. The Kier molecular flexibility index (Phi) is 10.9. The molecular formula is C17H34O10. The second-order valence-corrected chi connectivity index (χ2v) is 7.65. The van der Waals surface area contributed by atoms with Gasteiger partial charge >= 0.3 is 5.97 Å². The third-order valence-corrected chi connectivity index (χ3v) is 5.75. The van der Waals surface area contributed by atoms with Crippen molar-refractivity contribution in [2.45, 2.75) is 44.8 Å². The normalized spacial score (nSPS) is 17.4. The fourth-order valence-corrected chi connectivity index (χ4v) is 2.77. The Labute approximate surface area is 158 Å². The van der Waals surface area contributed by atoms with E-state index in [9.17, 15) is 50.8 Å². The van der Waals surface area contributed by atoms with Gasteiger partial charge in [-0.1, -0.05) is 0 Å². The smallest absolute Gasteiger partial charge is 0.314 e. The van der Waals surface area contributed by atoms with E-state index in [1.165, 1.54) is 0 Å². The largest absolute Gasteiger partial charge is 0.481 e. The van der Waals surface area contributed by atoms with Gasteiger partial charge in [0.1, 0.15) is 5.41 Å². The lowest BCUT2D eigenvalue weighted by Crippen LogP contribution is -2.50. The van der Waals surface area contributed by atoms with Gasteiger partial charge in [0, 0.05) is 10.8 Å². The van der Waals surface area contributed by atoms with Crippen LogP contribution in [0.25, 0.3) is 0 Å². The van der Waals surface area contributed by atoms with Crippen molar-refractivity contribution < 1.29 is 50.8 Å². The van der Waals surface area contributed by atoms with Crippen molar-refractivity contribution in [1.82, 2.24) is 0 Å². The van der Waals surface area contributed by atoms with Crippen LogP contribution in [-0.2, 0) is 4.79 Å². The zero-order valence-electron chi connectivity index (χ0n) is 15.7. The molecule has 0 saturated heterocycles. The molecule has 2 atom stereocenters. The van der Waals surface area contributed by atoms with Crippen LogP contribution in [-0.4, -0.2) is 104 Å². The Morgan fingerprint density at radius 2 is 0.963 bits per heavy atom. The highest BCUT2D eigenvalue weighted by Crippen LogP contribution is 2.36. The minimum absolute atomic E-state index is 0.0822. The van der Waals surface area contributed by atoms with Crippen LogP contribution in [0.5, 0.6) is 0 Å². The lowest BCUT2D eigenvalue weighted by molar-refractivity contribution is -0.169. The maximum absolute atomic E-state index is 11.8. The summed E-state index contributed by atoms with van der Waals surface area (Å²) in [6.45, 7) is -2.25. The summed E-state index contributed by atoms with van der Waals surface area (Å²) in [5.74, 6) is -1.48. The molecule has 0 heterocycles. The number of hydrogen-bond donors (Lipinski definition) is 9. The molecule has 0 aliphatic carbocycles. The van der Waals surface area contributed by atoms with Crippen LogP contribution in [0.1, 0.15) is 32.6 Å². The van der Waals surface area contributed by atoms with E-state index < -0.39 is 74.1 Å². The predicted molar refractivity (Wildman–Crippen MR) is 93.6 cm³/mol. The maximum Gasteiger partial charge on any atom is 0.314 e. The minimum Gasteiger partial charge on any atom is -0.481 e. The van der Waals surface area contributed by atoms with Gasteiger partial charge in [0.05, 0.1) is 51.8 Å². The van der Waals surface area contributed by atoms with Gasteiger partial charge < -0.3 is 46.0 Å². The number of carboxylic acid groups (broad SMARTS) is 1. The molecule has 0 rings (SSSR count). The summed E-state index contributed by atoms with van der Waals surface area (Å²) in [4.78, 5) is 11.8. The monoisotopic (exact) mass is 398 g/mol. The molecule has 0 aliphatic heterocycles. The molecule has 10 nitrogen and oxygen atoms in total. The molecule has 0 radical (unpaired) electrons. The molecule has 0 aromatic rings. The van der Waals surface area contributed by atoms with Crippen LogP contribution >= 0.6 is 0 Å². The van der Waals surface area contributed by atoms with E-state index in [1.807, 2.05) is 0 Å².